The molecule has 8 atom stereocenters. The molecule has 8 N–H and O–H groups in total. The molecule has 14 heteroatoms. The van der Waals surface area contributed by atoms with Crippen molar-refractivity contribution < 1.29 is 34.8 Å². The summed E-state index contributed by atoms with van der Waals surface area (Å²) in [4.78, 5) is 53.8. The fourth-order valence-electron chi connectivity index (χ4n) is 3.61. The summed E-state index contributed by atoms with van der Waals surface area (Å²) in [5.74, 6) is -3.45. The van der Waals surface area contributed by atoms with Gasteiger partial charge in [0.2, 0.25) is 5.91 Å². The van der Waals surface area contributed by atoms with Gasteiger partial charge in [-0.15, -0.1) is 0 Å². The minimum Gasteiger partial charge on any atom is -0.480 e. The first-order valence-corrected chi connectivity index (χ1v) is 10.2. The molecular weight excluding hydrogens is 454 g/mol. The molecule has 1 saturated heterocycles. The molecule has 34 heavy (non-hydrogen) atoms. The van der Waals surface area contributed by atoms with E-state index in [9.17, 15) is 39.6 Å². The van der Waals surface area contributed by atoms with Crippen LogP contribution < -0.4 is 22.3 Å². The van der Waals surface area contributed by atoms with E-state index in [1.165, 1.54) is 19.2 Å². The van der Waals surface area contributed by atoms with Crippen molar-refractivity contribution in [2.24, 2.45) is 11.7 Å². The van der Waals surface area contributed by atoms with Crippen LogP contribution in [0.15, 0.2) is 46.2 Å². The maximum Gasteiger partial charge on any atom is 0.330 e. The van der Waals surface area contributed by atoms with Crippen molar-refractivity contribution in [3.8, 4) is 0 Å². The topological polar surface area (TPSA) is 230 Å². The van der Waals surface area contributed by atoms with Crippen molar-refractivity contribution in [1.82, 2.24) is 19.9 Å². The van der Waals surface area contributed by atoms with Crippen LogP contribution in [0.1, 0.15) is 24.9 Å². The lowest BCUT2D eigenvalue weighted by atomic mass is 9.92. The van der Waals surface area contributed by atoms with Gasteiger partial charge < -0.3 is 36.2 Å². The van der Waals surface area contributed by atoms with E-state index in [1.54, 1.807) is 12.1 Å². The number of carbonyl (C=O) groups is 2. The van der Waals surface area contributed by atoms with Gasteiger partial charge in [0.25, 0.3) is 5.56 Å². The molecule has 1 amide bonds. The van der Waals surface area contributed by atoms with E-state index in [-0.39, 0.29) is 5.69 Å². The van der Waals surface area contributed by atoms with Gasteiger partial charge in [-0.25, -0.2) is 9.59 Å². The van der Waals surface area contributed by atoms with Gasteiger partial charge in [0, 0.05) is 24.4 Å². The number of aliphatic hydroxyl groups excluding tert-OH is 3. The number of nitrogens with zero attached hydrogens (tertiary/aromatic N) is 2. The van der Waals surface area contributed by atoms with Crippen LogP contribution in [0.25, 0.3) is 0 Å². The molecule has 0 aliphatic carbocycles. The molecule has 2 aromatic rings. The highest BCUT2D eigenvalue weighted by Crippen LogP contribution is 2.30. The number of pyridine rings is 1. The van der Waals surface area contributed by atoms with E-state index in [0.29, 0.717) is 0 Å². The zero-order valence-corrected chi connectivity index (χ0v) is 17.9. The van der Waals surface area contributed by atoms with Crippen LogP contribution in [0, 0.1) is 5.92 Å². The third-order valence-corrected chi connectivity index (χ3v) is 5.65. The van der Waals surface area contributed by atoms with Crippen molar-refractivity contribution in [1.29, 1.82) is 0 Å². The highest BCUT2D eigenvalue weighted by Gasteiger charge is 2.50. The summed E-state index contributed by atoms with van der Waals surface area (Å²) in [6.45, 7) is 1.47. The smallest absolute Gasteiger partial charge is 0.330 e. The molecule has 14 nitrogen and oxygen atoms in total. The van der Waals surface area contributed by atoms with Crippen molar-refractivity contribution in [3.05, 3.63) is 63.2 Å². The number of nitrogens with one attached hydrogen (secondary N) is 2. The third kappa shape index (κ3) is 5.05. The molecule has 1 fully saturated rings. The second kappa shape index (κ2) is 10.2. The van der Waals surface area contributed by atoms with Crippen molar-refractivity contribution in [2.45, 2.75) is 49.7 Å². The monoisotopic (exact) mass is 479 g/mol. The number of aromatic amines is 1. The van der Waals surface area contributed by atoms with Crippen molar-refractivity contribution >= 4 is 11.9 Å². The summed E-state index contributed by atoms with van der Waals surface area (Å²) in [6, 6.07) is 2.54. The van der Waals surface area contributed by atoms with Crippen LogP contribution in [0.2, 0.25) is 0 Å². The van der Waals surface area contributed by atoms with Crippen LogP contribution in [0.4, 0.5) is 0 Å². The summed E-state index contributed by atoms with van der Waals surface area (Å²) in [7, 11) is 0. The van der Waals surface area contributed by atoms with E-state index in [4.69, 9.17) is 10.5 Å². The third-order valence-electron chi connectivity index (χ3n) is 5.65. The number of hydrogen-bond acceptors (Lipinski definition) is 10. The number of carbonyl (C=O) groups excluding carboxylic acids is 1. The summed E-state index contributed by atoms with van der Waals surface area (Å²) >= 11 is 0. The molecular formula is C20H25N5O9. The molecule has 0 aromatic carbocycles. The van der Waals surface area contributed by atoms with E-state index in [2.05, 4.69) is 10.3 Å². The van der Waals surface area contributed by atoms with Crippen LogP contribution >= 0.6 is 0 Å². The van der Waals surface area contributed by atoms with Crippen molar-refractivity contribution in [3.63, 3.8) is 0 Å². The minimum absolute atomic E-state index is 0.264. The van der Waals surface area contributed by atoms with E-state index < -0.39 is 71.8 Å². The predicted molar refractivity (Wildman–Crippen MR) is 113 cm³/mol. The summed E-state index contributed by atoms with van der Waals surface area (Å²) in [5.41, 5.74) is 4.53. The Morgan fingerprint density at radius 3 is 2.53 bits per heavy atom. The van der Waals surface area contributed by atoms with Gasteiger partial charge in [-0.2, -0.15) is 0 Å². The molecule has 8 unspecified atom stereocenters. The maximum absolute atomic E-state index is 12.7. The Morgan fingerprint density at radius 2 is 1.94 bits per heavy atom. The number of H-pyrrole nitrogens is 1. The van der Waals surface area contributed by atoms with E-state index in [1.807, 2.05) is 4.98 Å². The standard InChI is InChI=1S/C20H25N5O9/c1-8(13(27)9-4-2-3-6-22-9)11(21)17(30)24-12(19(31)32)16-14(28)15(29)18(34-16)25-7-5-10(26)23-20(25)33/h2-8,11-16,18,27-29H,21H2,1H3,(H,24,30)(H,31,32)(H,23,26,33). The zero-order chi connectivity index (χ0) is 25.2. The average molecular weight is 479 g/mol. The minimum atomic E-state index is -1.87. The van der Waals surface area contributed by atoms with E-state index in [0.717, 1.165) is 16.8 Å². The van der Waals surface area contributed by atoms with Gasteiger partial charge in [-0.1, -0.05) is 13.0 Å². The number of ether oxygens (including phenoxy) is 1. The molecule has 1 aliphatic heterocycles. The Balaban J connectivity index is 1.76. The first-order chi connectivity index (χ1) is 16.0. The largest absolute Gasteiger partial charge is 0.480 e. The van der Waals surface area contributed by atoms with Gasteiger partial charge >= 0.3 is 11.7 Å². The number of rotatable bonds is 8. The number of hydrogen-bond donors (Lipinski definition) is 7. The SMILES string of the molecule is CC(C(N)C(=O)NC(C(=O)O)C1OC(n2ccc(=O)[nH]c2=O)C(O)C1O)C(O)c1ccccn1. The Bertz CT molecular complexity index is 1140. The average Bonchev–Trinajstić information content (AvgIpc) is 3.10. The molecule has 0 radical (unpaired) electrons. The lowest BCUT2D eigenvalue weighted by molar-refractivity contribution is -0.149. The first kappa shape index (κ1) is 25.2. The molecule has 0 saturated carbocycles. The highest BCUT2D eigenvalue weighted by molar-refractivity contribution is 5.87. The van der Waals surface area contributed by atoms with Crippen LogP contribution in [0.5, 0.6) is 0 Å². The van der Waals surface area contributed by atoms with Gasteiger partial charge in [-0.3, -0.25) is 24.1 Å². The number of aliphatic carboxylic acids is 1. The fourth-order valence-corrected chi connectivity index (χ4v) is 3.61. The van der Waals surface area contributed by atoms with E-state index >= 15 is 0 Å². The predicted octanol–water partition coefficient (Wildman–Crippen LogP) is -3.18. The number of carboxylic acid groups (broad SMARTS) is 1. The number of aliphatic hydroxyl groups is 3. The molecule has 0 bridgehead atoms. The van der Waals surface area contributed by atoms with Crippen molar-refractivity contribution in [2.75, 3.05) is 0 Å². The highest BCUT2D eigenvalue weighted by atomic mass is 16.6. The summed E-state index contributed by atoms with van der Waals surface area (Å²) < 4.78 is 6.19. The Kier molecular flexibility index (Phi) is 7.58. The Hall–Kier alpha value is -3.43. The number of aromatic nitrogens is 3. The molecule has 184 valence electrons. The molecule has 0 spiro atoms. The maximum atomic E-state index is 12.7. The van der Waals surface area contributed by atoms with Gasteiger partial charge in [0.15, 0.2) is 12.3 Å². The zero-order valence-electron chi connectivity index (χ0n) is 17.9. The van der Waals surface area contributed by atoms with Crippen LogP contribution in [0.3, 0.4) is 0 Å². The number of amides is 1. The molecule has 1 aliphatic rings. The van der Waals surface area contributed by atoms with Crippen LogP contribution in [-0.2, 0) is 14.3 Å². The fraction of sp³-hybridized carbons (Fsp3) is 0.450. The summed E-state index contributed by atoms with van der Waals surface area (Å²) in [5, 5.41) is 43.0. The quantitative estimate of drug-likeness (QED) is 0.199. The first-order valence-electron chi connectivity index (χ1n) is 10.2. The Labute approximate surface area is 191 Å². The lowest BCUT2D eigenvalue weighted by Crippen LogP contribution is -2.57. The van der Waals surface area contributed by atoms with Gasteiger partial charge in [0.1, 0.15) is 24.4 Å². The molecule has 3 rings (SSSR count). The molecule has 3 heterocycles. The second-order valence-corrected chi connectivity index (χ2v) is 7.90. The number of nitrogens with two attached hydrogens (primary N) is 1. The lowest BCUT2D eigenvalue weighted by Gasteiger charge is -2.28. The van der Waals surface area contributed by atoms with Gasteiger partial charge in [-0.05, 0) is 12.1 Å². The normalized spacial score (nSPS) is 25.8. The van der Waals surface area contributed by atoms with Crippen LogP contribution in [-0.4, -0.2) is 77.2 Å². The number of carboxylic acids is 1. The Morgan fingerprint density at radius 1 is 1.24 bits per heavy atom. The van der Waals surface area contributed by atoms with Gasteiger partial charge in [0.05, 0.1) is 11.7 Å². The summed E-state index contributed by atoms with van der Waals surface area (Å²) in [6.07, 6.45) is -5.56. The second-order valence-electron chi connectivity index (χ2n) is 7.90. The molecule has 2 aromatic heterocycles.